The zero-order valence-electron chi connectivity index (χ0n) is 5.54. The lowest BCUT2D eigenvalue weighted by Gasteiger charge is -2.26. The monoisotopic (exact) mass is 135 g/mol. The summed E-state index contributed by atoms with van der Waals surface area (Å²) in [5.74, 6) is 0.344. The number of nitrogens with two attached hydrogens (primary N) is 1. The summed E-state index contributed by atoms with van der Waals surface area (Å²) in [6.07, 6.45) is 0.906. The van der Waals surface area contributed by atoms with Crippen molar-refractivity contribution in [2.75, 3.05) is 0 Å². The molecule has 0 fully saturated rings. The van der Waals surface area contributed by atoms with Gasteiger partial charge in [0.05, 0.1) is 0 Å². The van der Waals surface area contributed by atoms with E-state index < -0.39 is 0 Å². The second-order valence-electron chi connectivity index (χ2n) is 2.66. The van der Waals surface area contributed by atoms with E-state index in [4.69, 9.17) is 5.73 Å². The highest BCUT2D eigenvalue weighted by molar-refractivity contribution is 5.48. The third-order valence-electron chi connectivity index (χ3n) is 1.98. The number of rotatable bonds is 0. The van der Waals surface area contributed by atoms with E-state index in [9.17, 15) is 5.11 Å². The average molecular weight is 135 g/mol. The van der Waals surface area contributed by atoms with E-state index in [0.717, 1.165) is 12.0 Å². The van der Waals surface area contributed by atoms with Crippen molar-refractivity contribution < 1.29 is 5.11 Å². The predicted molar refractivity (Wildman–Crippen MR) is 38.7 cm³/mol. The summed E-state index contributed by atoms with van der Waals surface area (Å²) in [6.45, 7) is 0. The van der Waals surface area contributed by atoms with Crippen LogP contribution in [0, 0.1) is 0 Å². The predicted octanol–water partition coefficient (Wildman–Crippen LogP) is 0.948. The van der Waals surface area contributed by atoms with E-state index in [-0.39, 0.29) is 6.04 Å². The van der Waals surface area contributed by atoms with Crippen LogP contribution in [0.1, 0.15) is 17.2 Å². The molecular formula is C8H9NO. The molecule has 0 bridgehead atoms. The summed E-state index contributed by atoms with van der Waals surface area (Å²) in [6, 6.07) is 5.59. The number of phenols is 1. The molecule has 1 aliphatic carbocycles. The molecule has 2 nitrogen and oxygen atoms in total. The number of hydrogen-bond donors (Lipinski definition) is 2. The fourth-order valence-electron chi connectivity index (χ4n) is 1.41. The van der Waals surface area contributed by atoms with Gasteiger partial charge in [0.25, 0.3) is 0 Å². The number of aromatic hydroxyl groups is 1. The van der Waals surface area contributed by atoms with Crippen LogP contribution in [0.25, 0.3) is 0 Å². The first-order valence-corrected chi connectivity index (χ1v) is 3.35. The maximum Gasteiger partial charge on any atom is 0.120 e. The first-order chi connectivity index (χ1) is 4.79. The van der Waals surface area contributed by atoms with Crippen LogP contribution in [-0.4, -0.2) is 5.11 Å². The van der Waals surface area contributed by atoms with Gasteiger partial charge < -0.3 is 10.8 Å². The van der Waals surface area contributed by atoms with Crippen LogP contribution in [0.2, 0.25) is 0 Å². The summed E-state index contributed by atoms with van der Waals surface area (Å²) in [7, 11) is 0. The maximum absolute atomic E-state index is 9.24. The lowest BCUT2D eigenvalue weighted by molar-refractivity contribution is 0.448. The Kier molecular flexibility index (Phi) is 0.995. The van der Waals surface area contributed by atoms with Gasteiger partial charge in [0.1, 0.15) is 5.75 Å². The Labute approximate surface area is 59.3 Å². The topological polar surface area (TPSA) is 46.2 Å². The van der Waals surface area contributed by atoms with E-state index in [1.165, 1.54) is 5.56 Å². The first kappa shape index (κ1) is 5.74. The van der Waals surface area contributed by atoms with E-state index in [1.807, 2.05) is 12.1 Å². The van der Waals surface area contributed by atoms with Crippen LogP contribution >= 0.6 is 0 Å². The fraction of sp³-hybridized carbons (Fsp3) is 0.250. The summed E-state index contributed by atoms with van der Waals surface area (Å²) in [5.41, 5.74) is 7.75. The number of fused-ring (bicyclic) bond motifs is 1. The number of benzene rings is 1. The molecule has 0 saturated heterocycles. The molecule has 2 rings (SSSR count). The molecule has 0 aliphatic heterocycles. The Bertz CT molecular complexity index is 256. The number of phenolic OH excluding ortho intramolecular Hbond substituents is 1. The van der Waals surface area contributed by atoms with E-state index in [0.29, 0.717) is 5.75 Å². The van der Waals surface area contributed by atoms with E-state index >= 15 is 0 Å². The van der Waals surface area contributed by atoms with Gasteiger partial charge in [0.2, 0.25) is 0 Å². The standard InChI is InChI=1S/C8H9NO/c9-6-4-5-2-1-3-7(10)8(5)6/h1-3,6,10H,4,9H2. The molecule has 10 heavy (non-hydrogen) atoms. The highest BCUT2D eigenvalue weighted by Gasteiger charge is 2.24. The van der Waals surface area contributed by atoms with Crippen LogP contribution in [0.5, 0.6) is 5.75 Å². The van der Waals surface area contributed by atoms with Crippen molar-refractivity contribution in [2.45, 2.75) is 12.5 Å². The molecule has 1 aromatic rings. The highest BCUT2D eigenvalue weighted by atomic mass is 16.3. The summed E-state index contributed by atoms with van der Waals surface area (Å²) < 4.78 is 0. The molecule has 1 atom stereocenters. The Balaban J connectivity index is 2.58. The molecule has 1 aromatic carbocycles. The lowest BCUT2D eigenvalue weighted by Crippen LogP contribution is -2.24. The second-order valence-corrected chi connectivity index (χ2v) is 2.66. The van der Waals surface area contributed by atoms with Gasteiger partial charge in [-0.2, -0.15) is 0 Å². The molecule has 2 heteroatoms. The van der Waals surface area contributed by atoms with Crippen molar-refractivity contribution in [2.24, 2.45) is 5.73 Å². The SMILES string of the molecule is NC1Cc2cccc(O)c21. The highest BCUT2D eigenvalue weighted by Crippen LogP contribution is 2.37. The van der Waals surface area contributed by atoms with Crippen molar-refractivity contribution in [1.82, 2.24) is 0 Å². The smallest absolute Gasteiger partial charge is 0.120 e. The maximum atomic E-state index is 9.24. The van der Waals surface area contributed by atoms with Crippen LogP contribution in [0.3, 0.4) is 0 Å². The van der Waals surface area contributed by atoms with Crippen molar-refractivity contribution in [3.05, 3.63) is 29.3 Å². The van der Waals surface area contributed by atoms with Gasteiger partial charge in [-0.3, -0.25) is 0 Å². The Morgan fingerprint density at radius 2 is 2.30 bits per heavy atom. The molecule has 0 saturated carbocycles. The van der Waals surface area contributed by atoms with E-state index in [2.05, 4.69) is 0 Å². The Morgan fingerprint density at radius 1 is 1.50 bits per heavy atom. The van der Waals surface area contributed by atoms with Crippen LogP contribution in [0.4, 0.5) is 0 Å². The fourth-order valence-corrected chi connectivity index (χ4v) is 1.41. The molecule has 0 amide bonds. The third kappa shape index (κ3) is 0.567. The summed E-state index contributed by atoms with van der Waals surface area (Å²) >= 11 is 0. The minimum atomic E-state index is 0.0659. The molecule has 3 N–H and O–H groups in total. The quantitative estimate of drug-likeness (QED) is 0.556. The molecule has 0 heterocycles. The molecular weight excluding hydrogens is 126 g/mol. The summed E-state index contributed by atoms with van der Waals surface area (Å²) in [4.78, 5) is 0. The minimum absolute atomic E-state index is 0.0659. The average Bonchev–Trinajstić information content (AvgIpc) is 1.85. The molecule has 1 aliphatic rings. The van der Waals surface area contributed by atoms with Crippen LogP contribution in [-0.2, 0) is 6.42 Å². The van der Waals surface area contributed by atoms with Crippen LogP contribution < -0.4 is 5.73 Å². The van der Waals surface area contributed by atoms with Crippen molar-refractivity contribution >= 4 is 0 Å². The Morgan fingerprint density at radius 3 is 2.80 bits per heavy atom. The molecule has 1 unspecified atom stereocenters. The zero-order chi connectivity index (χ0) is 7.14. The summed E-state index contributed by atoms with van der Waals surface area (Å²) in [5, 5.41) is 9.24. The number of hydrogen-bond acceptors (Lipinski definition) is 2. The van der Waals surface area contributed by atoms with Gasteiger partial charge in [-0.05, 0) is 18.1 Å². The van der Waals surface area contributed by atoms with Crippen molar-refractivity contribution in [3.8, 4) is 5.75 Å². The zero-order valence-corrected chi connectivity index (χ0v) is 5.54. The molecule has 0 spiro atoms. The van der Waals surface area contributed by atoms with Crippen LogP contribution in [0.15, 0.2) is 18.2 Å². The van der Waals surface area contributed by atoms with E-state index in [1.54, 1.807) is 6.07 Å². The molecule has 0 aromatic heterocycles. The van der Waals surface area contributed by atoms with Gasteiger partial charge >= 0.3 is 0 Å². The van der Waals surface area contributed by atoms with Crippen molar-refractivity contribution in [3.63, 3.8) is 0 Å². The Hall–Kier alpha value is -1.02. The molecule has 52 valence electrons. The van der Waals surface area contributed by atoms with Gasteiger partial charge in [-0.25, -0.2) is 0 Å². The minimum Gasteiger partial charge on any atom is -0.508 e. The third-order valence-corrected chi connectivity index (χ3v) is 1.98. The van der Waals surface area contributed by atoms with Gasteiger partial charge in [0.15, 0.2) is 0 Å². The van der Waals surface area contributed by atoms with Gasteiger partial charge in [0, 0.05) is 11.6 Å². The first-order valence-electron chi connectivity index (χ1n) is 3.35. The van der Waals surface area contributed by atoms with Gasteiger partial charge in [-0.1, -0.05) is 12.1 Å². The van der Waals surface area contributed by atoms with Crippen molar-refractivity contribution in [1.29, 1.82) is 0 Å². The van der Waals surface area contributed by atoms with Gasteiger partial charge in [-0.15, -0.1) is 0 Å². The molecule has 0 radical (unpaired) electrons. The largest absolute Gasteiger partial charge is 0.508 e. The lowest BCUT2D eigenvalue weighted by atomic mass is 9.83. The normalized spacial score (nSPS) is 21.5. The second kappa shape index (κ2) is 1.73.